The second kappa shape index (κ2) is 6.59. The molecule has 0 spiro atoms. The molecule has 0 N–H and O–H groups in total. The van der Waals surface area contributed by atoms with Crippen molar-refractivity contribution in [2.24, 2.45) is 0 Å². The lowest BCUT2D eigenvalue weighted by molar-refractivity contribution is 0.510. The topological polar surface area (TPSA) is 0 Å². The predicted molar refractivity (Wildman–Crippen MR) is 105 cm³/mol. The van der Waals surface area contributed by atoms with Crippen molar-refractivity contribution in [3.63, 3.8) is 0 Å². The van der Waals surface area contributed by atoms with Crippen molar-refractivity contribution in [3.8, 4) is 33.4 Å². The Hall–Kier alpha value is -3.40. The van der Waals surface area contributed by atoms with Gasteiger partial charge in [-0.25, -0.2) is 17.6 Å². The third-order valence-corrected chi connectivity index (χ3v) is 5.26. The SMILES string of the molecule is Fc1cccc(-c2ccc3c(c2-c2cccc(F)c2F)[CH]c2ccccc2-3)c1F. The summed E-state index contributed by atoms with van der Waals surface area (Å²) in [6.07, 6.45) is 1.87. The molecule has 0 bridgehead atoms. The molecule has 0 atom stereocenters. The van der Waals surface area contributed by atoms with E-state index in [1.807, 2.05) is 30.7 Å². The molecule has 0 heterocycles. The number of halogens is 4. The fourth-order valence-corrected chi connectivity index (χ4v) is 3.95. The summed E-state index contributed by atoms with van der Waals surface area (Å²) >= 11 is 0. The van der Waals surface area contributed by atoms with Gasteiger partial charge in [-0.3, -0.25) is 0 Å². The zero-order chi connectivity index (χ0) is 20.1. The summed E-state index contributed by atoms with van der Waals surface area (Å²) < 4.78 is 57.4. The molecule has 4 aromatic carbocycles. The second-order valence-corrected chi connectivity index (χ2v) is 6.88. The molecule has 4 aromatic rings. The van der Waals surface area contributed by atoms with Crippen LogP contribution in [0.4, 0.5) is 17.6 Å². The highest BCUT2D eigenvalue weighted by atomic mass is 19.2. The van der Waals surface area contributed by atoms with E-state index in [0.717, 1.165) is 28.8 Å². The minimum Gasteiger partial charge on any atom is -0.204 e. The van der Waals surface area contributed by atoms with Crippen LogP contribution in [-0.4, -0.2) is 0 Å². The summed E-state index contributed by atoms with van der Waals surface area (Å²) in [5, 5.41) is 0. The van der Waals surface area contributed by atoms with Crippen molar-refractivity contribution in [2.45, 2.75) is 0 Å². The van der Waals surface area contributed by atoms with E-state index >= 15 is 0 Å². The monoisotopic (exact) mass is 389 g/mol. The van der Waals surface area contributed by atoms with E-state index in [4.69, 9.17) is 0 Å². The minimum absolute atomic E-state index is 0.00387. The molecule has 1 aliphatic rings. The number of hydrogen-bond acceptors (Lipinski definition) is 0. The summed E-state index contributed by atoms with van der Waals surface area (Å²) in [5.41, 5.74) is 4.00. The van der Waals surface area contributed by atoms with Crippen molar-refractivity contribution in [2.75, 3.05) is 0 Å². The Balaban J connectivity index is 1.87. The molecule has 0 saturated carbocycles. The van der Waals surface area contributed by atoms with Crippen LogP contribution in [-0.2, 0) is 0 Å². The van der Waals surface area contributed by atoms with Crippen LogP contribution in [0.25, 0.3) is 33.4 Å². The van der Waals surface area contributed by atoms with Crippen LogP contribution in [0.15, 0.2) is 72.8 Å². The smallest absolute Gasteiger partial charge is 0.166 e. The molecule has 5 rings (SSSR count). The zero-order valence-electron chi connectivity index (χ0n) is 15.0. The quantitative estimate of drug-likeness (QED) is 0.281. The maximum atomic E-state index is 14.8. The number of rotatable bonds is 2. The molecule has 0 saturated heterocycles. The van der Waals surface area contributed by atoms with Gasteiger partial charge < -0.3 is 0 Å². The van der Waals surface area contributed by atoms with Gasteiger partial charge in [-0.15, -0.1) is 0 Å². The molecule has 29 heavy (non-hydrogen) atoms. The molecule has 0 unspecified atom stereocenters. The van der Waals surface area contributed by atoms with Crippen LogP contribution in [0.1, 0.15) is 11.1 Å². The van der Waals surface area contributed by atoms with Gasteiger partial charge in [-0.2, -0.15) is 0 Å². The van der Waals surface area contributed by atoms with Gasteiger partial charge >= 0.3 is 0 Å². The molecule has 0 fully saturated rings. The number of hydrogen-bond donors (Lipinski definition) is 0. The van der Waals surface area contributed by atoms with E-state index in [1.54, 1.807) is 12.1 Å². The number of fused-ring (bicyclic) bond motifs is 3. The average molecular weight is 389 g/mol. The van der Waals surface area contributed by atoms with Gasteiger partial charge in [0, 0.05) is 17.5 Å². The second-order valence-electron chi connectivity index (χ2n) is 6.88. The molecule has 1 aliphatic carbocycles. The Kier molecular flexibility index (Phi) is 4.02. The maximum absolute atomic E-state index is 14.8. The highest BCUT2D eigenvalue weighted by molar-refractivity contribution is 5.96. The lowest BCUT2D eigenvalue weighted by Gasteiger charge is -2.17. The van der Waals surface area contributed by atoms with E-state index in [9.17, 15) is 17.6 Å². The first-order valence-electron chi connectivity index (χ1n) is 9.06. The molecule has 0 aromatic heterocycles. The van der Waals surface area contributed by atoms with Gasteiger partial charge in [0.05, 0.1) is 0 Å². The third-order valence-electron chi connectivity index (χ3n) is 5.26. The van der Waals surface area contributed by atoms with Gasteiger partial charge in [0.2, 0.25) is 0 Å². The van der Waals surface area contributed by atoms with E-state index in [2.05, 4.69) is 0 Å². The van der Waals surface area contributed by atoms with E-state index in [0.29, 0.717) is 16.7 Å². The first-order chi connectivity index (χ1) is 14.1. The Labute approximate surface area is 165 Å². The zero-order valence-corrected chi connectivity index (χ0v) is 15.0. The molecule has 0 nitrogen and oxygen atoms in total. The van der Waals surface area contributed by atoms with E-state index in [-0.39, 0.29) is 11.1 Å². The summed E-state index contributed by atoms with van der Waals surface area (Å²) in [6.45, 7) is 0. The van der Waals surface area contributed by atoms with E-state index < -0.39 is 23.3 Å². The first kappa shape index (κ1) is 17.7. The lowest BCUT2D eigenvalue weighted by Crippen LogP contribution is -1.98. The Morgan fingerprint density at radius 3 is 1.79 bits per heavy atom. The van der Waals surface area contributed by atoms with Gasteiger partial charge in [0.1, 0.15) is 0 Å². The van der Waals surface area contributed by atoms with Gasteiger partial charge in [0.15, 0.2) is 23.3 Å². The minimum atomic E-state index is -1.03. The van der Waals surface area contributed by atoms with Crippen LogP contribution in [0.2, 0.25) is 0 Å². The molecule has 141 valence electrons. The molecule has 4 heteroatoms. The molecular weight excluding hydrogens is 376 g/mol. The standard InChI is InChI=1S/C25H13F4/c26-21-9-3-7-18(24(21)28)17-12-11-16-15-6-2-1-5-14(15)13-20(16)23(17)19-8-4-10-22(27)25(19)29/h1-13H. The van der Waals surface area contributed by atoms with Crippen molar-refractivity contribution in [1.29, 1.82) is 0 Å². The molecule has 0 aliphatic heterocycles. The van der Waals surface area contributed by atoms with Gasteiger partial charge in [-0.05, 0) is 45.5 Å². The van der Waals surface area contributed by atoms with E-state index in [1.165, 1.54) is 24.3 Å². The summed E-state index contributed by atoms with van der Waals surface area (Å²) in [7, 11) is 0. The van der Waals surface area contributed by atoms with Crippen LogP contribution in [0.3, 0.4) is 0 Å². The maximum Gasteiger partial charge on any atom is 0.166 e. The van der Waals surface area contributed by atoms with Crippen LogP contribution >= 0.6 is 0 Å². The predicted octanol–water partition coefficient (Wildman–Crippen LogP) is 7.16. The fraction of sp³-hybridized carbons (Fsp3) is 0. The van der Waals surface area contributed by atoms with Gasteiger partial charge in [-0.1, -0.05) is 60.7 Å². The van der Waals surface area contributed by atoms with Crippen molar-refractivity contribution >= 4 is 0 Å². The Morgan fingerprint density at radius 2 is 1.03 bits per heavy atom. The highest BCUT2D eigenvalue weighted by Crippen LogP contribution is 2.47. The Morgan fingerprint density at radius 1 is 0.448 bits per heavy atom. The van der Waals surface area contributed by atoms with Crippen LogP contribution < -0.4 is 0 Å². The summed E-state index contributed by atoms with van der Waals surface area (Å²) in [4.78, 5) is 0. The largest absolute Gasteiger partial charge is 0.204 e. The molecule has 1 radical (unpaired) electrons. The number of benzene rings is 4. The third kappa shape index (κ3) is 2.67. The average Bonchev–Trinajstić information content (AvgIpc) is 3.10. The Bertz CT molecular complexity index is 1270. The normalized spacial score (nSPS) is 12.0. The van der Waals surface area contributed by atoms with Crippen molar-refractivity contribution < 1.29 is 17.6 Å². The van der Waals surface area contributed by atoms with Crippen molar-refractivity contribution in [1.82, 2.24) is 0 Å². The lowest BCUT2D eigenvalue weighted by atomic mass is 9.87. The summed E-state index contributed by atoms with van der Waals surface area (Å²) in [6, 6.07) is 18.8. The van der Waals surface area contributed by atoms with Crippen LogP contribution in [0, 0.1) is 29.7 Å². The fourth-order valence-electron chi connectivity index (χ4n) is 3.95. The highest BCUT2D eigenvalue weighted by Gasteiger charge is 2.27. The van der Waals surface area contributed by atoms with Crippen LogP contribution in [0.5, 0.6) is 0 Å². The van der Waals surface area contributed by atoms with Gasteiger partial charge in [0.25, 0.3) is 0 Å². The van der Waals surface area contributed by atoms with Crippen molar-refractivity contribution in [3.05, 3.63) is 114 Å². The molecule has 0 amide bonds. The molecular formula is C25H13F4. The summed E-state index contributed by atoms with van der Waals surface area (Å²) in [5.74, 6) is -4.05. The first-order valence-corrected chi connectivity index (χ1v) is 9.06.